The number of hydrogen-bond acceptors (Lipinski definition) is 2. The molecule has 2 unspecified atom stereocenters. The molecule has 1 aliphatic carbocycles. The Morgan fingerprint density at radius 2 is 2.00 bits per heavy atom. The molecule has 0 bridgehead atoms. The van der Waals surface area contributed by atoms with Crippen molar-refractivity contribution in [1.29, 1.82) is 0 Å². The van der Waals surface area contributed by atoms with E-state index in [-0.39, 0.29) is 0 Å². The summed E-state index contributed by atoms with van der Waals surface area (Å²) in [4.78, 5) is 0. The molecule has 2 atom stereocenters. The zero-order valence-corrected chi connectivity index (χ0v) is 9.18. The van der Waals surface area contributed by atoms with Crippen LogP contribution in [0, 0.1) is 0 Å². The van der Waals surface area contributed by atoms with E-state index in [1.54, 1.807) is 0 Å². The Hall–Kier alpha value is -0.0800. The highest BCUT2D eigenvalue weighted by atomic mass is 16.5. The topological polar surface area (TPSA) is 21.3 Å². The Morgan fingerprint density at radius 1 is 1.31 bits per heavy atom. The van der Waals surface area contributed by atoms with Crippen LogP contribution in [0.3, 0.4) is 0 Å². The van der Waals surface area contributed by atoms with Gasteiger partial charge in [0.1, 0.15) is 0 Å². The molecule has 13 heavy (non-hydrogen) atoms. The van der Waals surface area contributed by atoms with Crippen LogP contribution in [0.15, 0.2) is 0 Å². The summed E-state index contributed by atoms with van der Waals surface area (Å²) in [5.41, 5.74) is 0. The molecule has 0 radical (unpaired) electrons. The van der Waals surface area contributed by atoms with Crippen molar-refractivity contribution < 1.29 is 4.74 Å². The fourth-order valence-corrected chi connectivity index (χ4v) is 2.23. The molecule has 0 aromatic carbocycles. The first-order chi connectivity index (χ1) is 6.31. The Balaban J connectivity index is 2.33. The molecule has 0 amide bonds. The van der Waals surface area contributed by atoms with Gasteiger partial charge in [-0.2, -0.15) is 0 Å². The van der Waals surface area contributed by atoms with Crippen molar-refractivity contribution in [3.05, 3.63) is 0 Å². The van der Waals surface area contributed by atoms with Crippen LogP contribution in [0.5, 0.6) is 0 Å². The molecule has 2 nitrogen and oxygen atoms in total. The quantitative estimate of drug-likeness (QED) is 0.710. The van der Waals surface area contributed by atoms with Crippen molar-refractivity contribution in [1.82, 2.24) is 5.32 Å². The SMILES string of the molecule is CCC(CC)NC1CCCC1OC. The second kappa shape index (κ2) is 5.61. The Labute approximate surface area is 82.0 Å². The highest BCUT2D eigenvalue weighted by Gasteiger charge is 2.27. The number of methoxy groups -OCH3 is 1. The van der Waals surface area contributed by atoms with Gasteiger partial charge in [-0.15, -0.1) is 0 Å². The number of nitrogens with one attached hydrogen (secondary N) is 1. The van der Waals surface area contributed by atoms with E-state index in [0.29, 0.717) is 18.2 Å². The Morgan fingerprint density at radius 3 is 2.54 bits per heavy atom. The average molecular weight is 185 g/mol. The smallest absolute Gasteiger partial charge is 0.0724 e. The molecule has 0 saturated heterocycles. The third-order valence-corrected chi connectivity index (χ3v) is 3.19. The molecular formula is C11H23NO. The van der Waals surface area contributed by atoms with E-state index in [9.17, 15) is 0 Å². The molecule has 0 spiro atoms. The minimum Gasteiger partial charge on any atom is -0.380 e. The molecular weight excluding hydrogens is 162 g/mol. The minimum atomic E-state index is 0.459. The second-order valence-electron chi connectivity index (χ2n) is 3.99. The fraction of sp³-hybridized carbons (Fsp3) is 1.00. The molecule has 1 rings (SSSR count). The number of ether oxygens (including phenoxy) is 1. The van der Waals surface area contributed by atoms with E-state index in [1.165, 1.54) is 32.1 Å². The molecule has 78 valence electrons. The fourth-order valence-electron chi connectivity index (χ4n) is 2.23. The average Bonchev–Trinajstić information content (AvgIpc) is 2.61. The summed E-state index contributed by atoms with van der Waals surface area (Å²) in [5, 5.41) is 3.69. The summed E-state index contributed by atoms with van der Waals surface area (Å²) in [6, 6.07) is 1.29. The lowest BCUT2D eigenvalue weighted by molar-refractivity contribution is 0.0808. The highest BCUT2D eigenvalue weighted by Crippen LogP contribution is 2.22. The van der Waals surface area contributed by atoms with Crippen LogP contribution in [-0.4, -0.2) is 25.3 Å². The predicted octanol–water partition coefficient (Wildman–Crippen LogP) is 2.33. The van der Waals surface area contributed by atoms with Gasteiger partial charge in [-0.3, -0.25) is 0 Å². The van der Waals surface area contributed by atoms with Gasteiger partial charge in [-0.25, -0.2) is 0 Å². The van der Waals surface area contributed by atoms with E-state index in [0.717, 1.165) is 0 Å². The van der Waals surface area contributed by atoms with Crippen molar-refractivity contribution in [3.63, 3.8) is 0 Å². The van der Waals surface area contributed by atoms with E-state index in [1.807, 2.05) is 7.11 Å². The molecule has 1 N–H and O–H groups in total. The van der Waals surface area contributed by atoms with Gasteiger partial charge in [-0.05, 0) is 32.1 Å². The molecule has 0 heterocycles. The van der Waals surface area contributed by atoms with Gasteiger partial charge in [0.2, 0.25) is 0 Å². The lowest BCUT2D eigenvalue weighted by Gasteiger charge is -2.24. The van der Waals surface area contributed by atoms with Crippen LogP contribution in [0.1, 0.15) is 46.0 Å². The molecule has 0 aliphatic heterocycles. The van der Waals surface area contributed by atoms with Crippen LogP contribution in [-0.2, 0) is 4.74 Å². The summed E-state index contributed by atoms with van der Waals surface area (Å²) >= 11 is 0. The third-order valence-electron chi connectivity index (χ3n) is 3.19. The van der Waals surface area contributed by atoms with Crippen LogP contribution in [0.25, 0.3) is 0 Å². The van der Waals surface area contributed by atoms with Gasteiger partial charge < -0.3 is 10.1 Å². The van der Waals surface area contributed by atoms with E-state index in [4.69, 9.17) is 4.74 Å². The normalized spacial score (nSPS) is 28.6. The molecule has 1 aliphatic rings. The molecule has 0 aromatic heterocycles. The standard InChI is InChI=1S/C11H23NO/c1-4-9(5-2)12-10-7-6-8-11(10)13-3/h9-12H,4-8H2,1-3H3. The zero-order chi connectivity index (χ0) is 9.68. The minimum absolute atomic E-state index is 0.459. The molecule has 1 fully saturated rings. The Kier molecular flexibility index (Phi) is 4.74. The van der Waals surface area contributed by atoms with Crippen LogP contribution < -0.4 is 5.32 Å². The van der Waals surface area contributed by atoms with Crippen LogP contribution >= 0.6 is 0 Å². The predicted molar refractivity (Wildman–Crippen MR) is 55.9 cm³/mol. The molecule has 1 saturated carbocycles. The first-order valence-corrected chi connectivity index (χ1v) is 5.60. The first-order valence-electron chi connectivity index (χ1n) is 5.60. The zero-order valence-electron chi connectivity index (χ0n) is 9.18. The second-order valence-corrected chi connectivity index (χ2v) is 3.99. The summed E-state index contributed by atoms with van der Waals surface area (Å²) in [6.45, 7) is 4.50. The van der Waals surface area contributed by atoms with Crippen molar-refractivity contribution in [2.45, 2.75) is 64.1 Å². The van der Waals surface area contributed by atoms with Crippen molar-refractivity contribution >= 4 is 0 Å². The monoisotopic (exact) mass is 185 g/mol. The number of rotatable bonds is 5. The summed E-state index contributed by atoms with van der Waals surface area (Å²) < 4.78 is 5.45. The Bertz CT molecular complexity index is 134. The maximum absolute atomic E-state index is 5.45. The first kappa shape index (κ1) is 11.0. The van der Waals surface area contributed by atoms with Crippen molar-refractivity contribution in [3.8, 4) is 0 Å². The van der Waals surface area contributed by atoms with Gasteiger partial charge in [0.25, 0.3) is 0 Å². The highest BCUT2D eigenvalue weighted by molar-refractivity contribution is 4.85. The summed E-state index contributed by atoms with van der Waals surface area (Å²) in [6.07, 6.45) is 6.74. The maximum Gasteiger partial charge on any atom is 0.0724 e. The largest absolute Gasteiger partial charge is 0.380 e. The van der Waals surface area contributed by atoms with Gasteiger partial charge in [-0.1, -0.05) is 13.8 Å². The van der Waals surface area contributed by atoms with Gasteiger partial charge in [0.15, 0.2) is 0 Å². The van der Waals surface area contributed by atoms with Crippen LogP contribution in [0.4, 0.5) is 0 Å². The van der Waals surface area contributed by atoms with Gasteiger partial charge in [0, 0.05) is 19.2 Å². The molecule has 0 aromatic rings. The lowest BCUT2D eigenvalue weighted by atomic mass is 10.1. The lowest BCUT2D eigenvalue weighted by Crippen LogP contribution is -2.42. The molecule has 2 heteroatoms. The van der Waals surface area contributed by atoms with Gasteiger partial charge >= 0.3 is 0 Å². The van der Waals surface area contributed by atoms with Crippen LogP contribution in [0.2, 0.25) is 0 Å². The summed E-state index contributed by atoms with van der Waals surface area (Å²) in [5.74, 6) is 0. The van der Waals surface area contributed by atoms with Crippen molar-refractivity contribution in [2.75, 3.05) is 7.11 Å². The maximum atomic E-state index is 5.45. The van der Waals surface area contributed by atoms with E-state index >= 15 is 0 Å². The summed E-state index contributed by atoms with van der Waals surface area (Å²) in [7, 11) is 1.83. The third kappa shape index (κ3) is 2.96. The van der Waals surface area contributed by atoms with Crippen molar-refractivity contribution in [2.24, 2.45) is 0 Å². The van der Waals surface area contributed by atoms with Gasteiger partial charge in [0.05, 0.1) is 6.10 Å². The van der Waals surface area contributed by atoms with E-state index in [2.05, 4.69) is 19.2 Å². The van der Waals surface area contributed by atoms with E-state index < -0.39 is 0 Å². The number of hydrogen-bond donors (Lipinski definition) is 1.